The Bertz CT molecular complexity index is 2810. The lowest BCUT2D eigenvalue weighted by Crippen LogP contribution is -1.98. The van der Waals surface area contributed by atoms with E-state index in [1.54, 1.807) is 0 Å². The van der Waals surface area contributed by atoms with Gasteiger partial charge in [0.05, 0.1) is 16.7 Å². The first-order valence-corrected chi connectivity index (χ1v) is 17.0. The number of aromatic nitrogens is 1. The zero-order valence-corrected chi connectivity index (χ0v) is 26.8. The highest BCUT2D eigenvalue weighted by molar-refractivity contribution is 6.22. The average molecular weight is 622 g/mol. The van der Waals surface area contributed by atoms with Gasteiger partial charge in [0.1, 0.15) is 0 Å². The molecule has 10 aromatic rings. The molecular formula is C48H31N. The number of hydrogen-bond acceptors (Lipinski definition) is 0. The monoisotopic (exact) mass is 621 g/mol. The number of rotatable bonds is 4. The van der Waals surface area contributed by atoms with Crippen LogP contribution in [-0.4, -0.2) is 4.57 Å². The number of hydrogen-bond donors (Lipinski definition) is 0. The lowest BCUT2D eigenvalue weighted by atomic mass is 9.85. The second-order valence-corrected chi connectivity index (χ2v) is 12.8. The predicted octanol–water partition coefficient (Wildman–Crippen LogP) is 13.2. The van der Waals surface area contributed by atoms with Crippen molar-refractivity contribution >= 4 is 54.1 Å². The zero-order valence-electron chi connectivity index (χ0n) is 26.8. The molecule has 0 fully saturated rings. The Morgan fingerprint density at radius 2 is 0.816 bits per heavy atom. The lowest BCUT2D eigenvalue weighted by Gasteiger charge is -2.20. The van der Waals surface area contributed by atoms with E-state index in [9.17, 15) is 0 Å². The van der Waals surface area contributed by atoms with Crippen molar-refractivity contribution in [1.29, 1.82) is 0 Å². The Labute approximate surface area is 284 Å². The molecule has 0 bridgehead atoms. The molecule has 1 nitrogen and oxygen atoms in total. The Balaban J connectivity index is 1.27. The van der Waals surface area contributed by atoms with Crippen molar-refractivity contribution in [2.24, 2.45) is 0 Å². The summed E-state index contributed by atoms with van der Waals surface area (Å²) < 4.78 is 2.47. The van der Waals surface area contributed by atoms with E-state index in [0.29, 0.717) is 0 Å². The van der Waals surface area contributed by atoms with Crippen LogP contribution in [0.25, 0.3) is 93.2 Å². The van der Waals surface area contributed by atoms with Gasteiger partial charge in [0.25, 0.3) is 0 Å². The van der Waals surface area contributed by atoms with Gasteiger partial charge in [-0.25, -0.2) is 0 Å². The number of para-hydroxylation sites is 2. The van der Waals surface area contributed by atoms with Crippen molar-refractivity contribution in [1.82, 2.24) is 4.57 Å². The van der Waals surface area contributed by atoms with E-state index in [2.05, 4.69) is 193 Å². The summed E-state index contributed by atoms with van der Waals surface area (Å²) in [6.45, 7) is 0. The zero-order chi connectivity index (χ0) is 32.3. The quantitative estimate of drug-likeness (QED) is 0.172. The Kier molecular flexibility index (Phi) is 6.25. The van der Waals surface area contributed by atoms with Gasteiger partial charge in [-0.15, -0.1) is 0 Å². The van der Waals surface area contributed by atoms with Crippen LogP contribution >= 0.6 is 0 Å². The molecule has 1 aromatic heterocycles. The van der Waals surface area contributed by atoms with Crippen LogP contribution in [0.4, 0.5) is 0 Å². The van der Waals surface area contributed by atoms with Gasteiger partial charge in [0, 0.05) is 16.3 Å². The first-order valence-electron chi connectivity index (χ1n) is 17.0. The normalized spacial score (nSPS) is 11.7. The third-order valence-electron chi connectivity index (χ3n) is 10.2. The highest BCUT2D eigenvalue weighted by atomic mass is 15.0. The minimum Gasteiger partial charge on any atom is -0.309 e. The summed E-state index contributed by atoms with van der Waals surface area (Å²) in [4.78, 5) is 0. The van der Waals surface area contributed by atoms with E-state index in [1.165, 1.54) is 93.2 Å². The molecule has 0 unspecified atom stereocenters. The van der Waals surface area contributed by atoms with Gasteiger partial charge in [0.2, 0.25) is 0 Å². The van der Waals surface area contributed by atoms with Crippen LogP contribution in [0.1, 0.15) is 0 Å². The topological polar surface area (TPSA) is 4.93 Å². The molecule has 0 saturated carbocycles. The Morgan fingerprint density at radius 3 is 1.57 bits per heavy atom. The minimum atomic E-state index is 1.18. The van der Waals surface area contributed by atoms with Crippen LogP contribution in [0.15, 0.2) is 188 Å². The van der Waals surface area contributed by atoms with Gasteiger partial charge in [0.15, 0.2) is 0 Å². The molecule has 0 aliphatic heterocycles. The van der Waals surface area contributed by atoms with E-state index in [4.69, 9.17) is 0 Å². The van der Waals surface area contributed by atoms with Gasteiger partial charge >= 0.3 is 0 Å². The molecule has 0 saturated heterocycles. The molecule has 0 aliphatic carbocycles. The number of fused-ring (bicyclic) bond motifs is 6. The third kappa shape index (κ3) is 4.26. The molecule has 0 radical (unpaired) electrons. The second kappa shape index (κ2) is 11.1. The summed E-state index contributed by atoms with van der Waals surface area (Å²) >= 11 is 0. The smallest absolute Gasteiger partial charge is 0.0541 e. The molecule has 0 amide bonds. The van der Waals surface area contributed by atoms with Gasteiger partial charge < -0.3 is 4.57 Å². The molecule has 1 heterocycles. The van der Waals surface area contributed by atoms with Gasteiger partial charge in [-0.1, -0.05) is 164 Å². The fraction of sp³-hybridized carbons (Fsp3) is 0. The van der Waals surface area contributed by atoms with Crippen LogP contribution in [0.2, 0.25) is 0 Å². The maximum Gasteiger partial charge on any atom is 0.0541 e. The molecule has 10 rings (SSSR count). The van der Waals surface area contributed by atoms with E-state index < -0.39 is 0 Å². The highest BCUT2D eigenvalue weighted by Gasteiger charge is 2.21. The molecule has 228 valence electrons. The van der Waals surface area contributed by atoms with Crippen LogP contribution in [-0.2, 0) is 0 Å². The summed E-state index contributed by atoms with van der Waals surface area (Å²) in [5.41, 5.74) is 11.1. The summed E-state index contributed by atoms with van der Waals surface area (Å²) in [5, 5.41) is 10.1. The van der Waals surface area contributed by atoms with E-state index in [1.807, 2.05) is 0 Å². The molecule has 9 aromatic carbocycles. The fourth-order valence-electron chi connectivity index (χ4n) is 8.09. The van der Waals surface area contributed by atoms with E-state index in [0.717, 1.165) is 0 Å². The maximum atomic E-state index is 2.47. The summed E-state index contributed by atoms with van der Waals surface area (Å²) in [6.07, 6.45) is 0. The van der Waals surface area contributed by atoms with Crippen LogP contribution in [0.3, 0.4) is 0 Å². The largest absolute Gasteiger partial charge is 0.309 e. The van der Waals surface area contributed by atoms with Crippen LogP contribution in [0.5, 0.6) is 0 Å². The van der Waals surface area contributed by atoms with E-state index in [-0.39, 0.29) is 0 Å². The van der Waals surface area contributed by atoms with Crippen molar-refractivity contribution in [2.45, 2.75) is 0 Å². The molecule has 1 heteroatoms. The van der Waals surface area contributed by atoms with Crippen molar-refractivity contribution in [3.05, 3.63) is 188 Å². The second-order valence-electron chi connectivity index (χ2n) is 12.8. The Morgan fingerprint density at radius 1 is 0.286 bits per heavy atom. The van der Waals surface area contributed by atoms with Crippen LogP contribution < -0.4 is 0 Å². The minimum absolute atomic E-state index is 1.18. The maximum absolute atomic E-state index is 2.47. The first-order chi connectivity index (χ1) is 24.3. The molecule has 0 atom stereocenters. The third-order valence-corrected chi connectivity index (χ3v) is 10.2. The summed E-state index contributed by atoms with van der Waals surface area (Å²) in [6, 6.07) is 68.7. The molecular weight excluding hydrogens is 591 g/mol. The lowest BCUT2D eigenvalue weighted by molar-refractivity contribution is 1.18. The Hall–Kier alpha value is -6.44. The molecule has 0 aliphatic rings. The number of benzene rings is 9. The van der Waals surface area contributed by atoms with Crippen molar-refractivity contribution in [2.75, 3.05) is 0 Å². The predicted molar refractivity (Wildman–Crippen MR) is 210 cm³/mol. The van der Waals surface area contributed by atoms with Crippen LogP contribution in [0, 0.1) is 0 Å². The fourth-order valence-corrected chi connectivity index (χ4v) is 8.09. The van der Waals surface area contributed by atoms with Gasteiger partial charge in [-0.05, 0) is 84.4 Å². The SMILES string of the molecule is c1ccc(-c2c3ccccc3c(-c3ccccc3-n3c4ccccc4c4cc(-c5cccc6ccccc56)ccc43)c3ccccc23)cc1. The van der Waals surface area contributed by atoms with Crippen molar-refractivity contribution in [3.63, 3.8) is 0 Å². The van der Waals surface area contributed by atoms with Gasteiger partial charge in [-0.2, -0.15) is 0 Å². The summed E-state index contributed by atoms with van der Waals surface area (Å²) in [5.74, 6) is 0. The van der Waals surface area contributed by atoms with Gasteiger partial charge in [-0.3, -0.25) is 0 Å². The van der Waals surface area contributed by atoms with Crippen molar-refractivity contribution < 1.29 is 0 Å². The average Bonchev–Trinajstić information content (AvgIpc) is 3.50. The molecule has 0 N–H and O–H groups in total. The van der Waals surface area contributed by atoms with E-state index >= 15 is 0 Å². The summed E-state index contributed by atoms with van der Waals surface area (Å²) in [7, 11) is 0. The number of nitrogens with zero attached hydrogens (tertiary/aromatic N) is 1. The van der Waals surface area contributed by atoms with Crippen molar-refractivity contribution in [3.8, 4) is 39.1 Å². The molecule has 49 heavy (non-hydrogen) atoms. The highest BCUT2D eigenvalue weighted by Crippen LogP contribution is 2.46. The standard InChI is InChI=1S/C48H31N/c1-2-16-33(17-3-1)47-38-21-6-8-23-40(38)48(41-24-9-7-22-39(41)47)42-25-11-13-28-45(42)49-44-27-12-10-20-37(44)43-31-34(29-30-46(43)49)36-26-14-18-32-15-4-5-19-35(32)36/h1-31H. The first kappa shape index (κ1) is 27.7. The molecule has 0 spiro atoms.